The van der Waals surface area contributed by atoms with Crippen molar-refractivity contribution >= 4 is 18.3 Å². The maximum absolute atomic E-state index is 12.1. The van der Waals surface area contributed by atoms with Crippen LogP contribution in [0.25, 0.3) is 0 Å². The molecule has 0 aromatic heterocycles. The normalized spacial score (nSPS) is 15.1. The van der Waals surface area contributed by atoms with Crippen molar-refractivity contribution < 1.29 is 18.3 Å². The van der Waals surface area contributed by atoms with Crippen LogP contribution < -0.4 is 15.4 Å². The van der Waals surface area contributed by atoms with Crippen molar-refractivity contribution in [3.8, 4) is 5.75 Å². The molecule has 0 radical (unpaired) electrons. The standard InChI is InChI=1S/C15H21F2N3O2.ClH/c16-15(17)22-13-4-1-3-12(11-13)14(21)19-5-2-8-20-9-6-18-7-10-20;/h1,3-4,11,15,18H,2,5-10H2,(H,19,21);1H. The monoisotopic (exact) mass is 349 g/mol. The predicted octanol–water partition coefficient (Wildman–Crippen LogP) is 1.73. The highest BCUT2D eigenvalue weighted by Gasteiger charge is 2.11. The number of nitrogens with one attached hydrogen (secondary N) is 2. The summed E-state index contributed by atoms with van der Waals surface area (Å²) in [5.74, 6) is -0.288. The molecule has 0 unspecified atom stereocenters. The lowest BCUT2D eigenvalue weighted by Gasteiger charge is -2.27. The number of halogens is 3. The molecular weight excluding hydrogens is 328 g/mol. The summed E-state index contributed by atoms with van der Waals surface area (Å²) in [5, 5.41) is 6.08. The smallest absolute Gasteiger partial charge is 0.387 e. The number of hydrogen-bond acceptors (Lipinski definition) is 4. The molecule has 0 bridgehead atoms. The van der Waals surface area contributed by atoms with Gasteiger partial charge in [-0.3, -0.25) is 4.79 Å². The number of carbonyl (C=O) groups is 1. The first-order valence-corrected chi connectivity index (χ1v) is 7.41. The SMILES string of the molecule is Cl.O=C(NCCCN1CCNCC1)c1cccc(OC(F)F)c1. The quantitative estimate of drug-likeness (QED) is 0.736. The van der Waals surface area contributed by atoms with Crippen molar-refractivity contribution in [3.63, 3.8) is 0 Å². The average Bonchev–Trinajstić information content (AvgIpc) is 2.52. The number of benzene rings is 1. The van der Waals surface area contributed by atoms with Gasteiger partial charge in [0.1, 0.15) is 5.75 Å². The third-order valence-corrected chi connectivity index (χ3v) is 3.47. The van der Waals surface area contributed by atoms with Gasteiger partial charge in [-0.2, -0.15) is 8.78 Å². The van der Waals surface area contributed by atoms with Crippen LogP contribution in [0.15, 0.2) is 24.3 Å². The van der Waals surface area contributed by atoms with E-state index < -0.39 is 6.61 Å². The number of ether oxygens (including phenoxy) is 1. The second-order valence-electron chi connectivity index (χ2n) is 5.11. The Labute approximate surface area is 140 Å². The fraction of sp³-hybridized carbons (Fsp3) is 0.533. The fourth-order valence-corrected chi connectivity index (χ4v) is 2.35. The van der Waals surface area contributed by atoms with Gasteiger partial charge < -0.3 is 20.3 Å². The molecule has 1 heterocycles. The summed E-state index contributed by atoms with van der Waals surface area (Å²) in [5.41, 5.74) is 0.320. The average molecular weight is 350 g/mol. The zero-order valence-electron chi connectivity index (χ0n) is 12.8. The highest BCUT2D eigenvalue weighted by atomic mass is 35.5. The minimum atomic E-state index is -2.89. The molecule has 5 nitrogen and oxygen atoms in total. The van der Waals surface area contributed by atoms with Gasteiger partial charge in [0, 0.05) is 38.3 Å². The van der Waals surface area contributed by atoms with E-state index in [4.69, 9.17) is 0 Å². The van der Waals surface area contributed by atoms with E-state index in [0.29, 0.717) is 12.1 Å². The van der Waals surface area contributed by atoms with Crippen LogP contribution in [0.2, 0.25) is 0 Å². The lowest BCUT2D eigenvalue weighted by molar-refractivity contribution is -0.0498. The Morgan fingerprint density at radius 2 is 2.09 bits per heavy atom. The van der Waals surface area contributed by atoms with Gasteiger partial charge in [-0.25, -0.2) is 0 Å². The summed E-state index contributed by atoms with van der Waals surface area (Å²) in [6, 6.07) is 5.81. The molecule has 1 fully saturated rings. The van der Waals surface area contributed by atoms with E-state index >= 15 is 0 Å². The van der Waals surface area contributed by atoms with Gasteiger partial charge in [0.25, 0.3) is 5.91 Å². The van der Waals surface area contributed by atoms with Crippen molar-refractivity contribution in [1.29, 1.82) is 0 Å². The molecular formula is C15H22ClF2N3O2. The summed E-state index contributed by atoms with van der Waals surface area (Å²) in [7, 11) is 0. The van der Waals surface area contributed by atoms with E-state index in [1.165, 1.54) is 18.2 Å². The number of amides is 1. The molecule has 0 atom stereocenters. The third kappa shape index (κ3) is 7.11. The summed E-state index contributed by atoms with van der Waals surface area (Å²) >= 11 is 0. The first-order chi connectivity index (χ1) is 10.6. The van der Waals surface area contributed by atoms with Crippen LogP contribution in [-0.2, 0) is 0 Å². The number of carbonyl (C=O) groups excluding carboxylic acids is 1. The molecule has 1 aromatic carbocycles. The second kappa shape index (κ2) is 10.4. The molecule has 23 heavy (non-hydrogen) atoms. The van der Waals surface area contributed by atoms with Crippen LogP contribution in [0.3, 0.4) is 0 Å². The molecule has 0 spiro atoms. The molecule has 2 rings (SSSR count). The van der Waals surface area contributed by atoms with E-state index in [9.17, 15) is 13.6 Å². The van der Waals surface area contributed by atoms with E-state index in [0.717, 1.165) is 39.1 Å². The molecule has 1 aliphatic rings. The third-order valence-electron chi connectivity index (χ3n) is 3.47. The summed E-state index contributed by atoms with van der Waals surface area (Å²) < 4.78 is 28.6. The maximum atomic E-state index is 12.1. The molecule has 2 N–H and O–H groups in total. The van der Waals surface area contributed by atoms with Gasteiger partial charge in [-0.15, -0.1) is 12.4 Å². The largest absolute Gasteiger partial charge is 0.435 e. The van der Waals surface area contributed by atoms with Crippen LogP contribution in [-0.4, -0.2) is 56.7 Å². The van der Waals surface area contributed by atoms with E-state index in [1.807, 2.05) is 0 Å². The molecule has 8 heteroatoms. The van der Waals surface area contributed by atoms with Crippen LogP contribution in [0.4, 0.5) is 8.78 Å². The van der Waals surface area contributed by atoms with Gasteiger partial charge in [-0.1, -0.05) is 6.07 Å². The highest BCUT2D eigenvalue weighted by molar-refractivity contribution is 5.94. The van der Waals surface area contributed by atoms with E-state index in [-0.39, 0.29) is 24.1 Å². The van der Waals surface area contributed by atoms with E-state index in [2.05, 4.69) is 20.3 Å². The van der Waals surface area contributed by atoms with Crippen LogP contribution in [0, 0.1) is 0 Å². The zero-order chi connectivity index (χ0) is 15.8. The van der Waals surface area contributed by atoms with Crippen LogP contribution in [0.1, 0.15) is 16.8 Å². The Kier molecular flexibility index (Phi) is 8.83. The highest BCUT2D eigenvalue weighted by Crippen LogP contribution is 2.15. The molecule has 1 saturated heterocycles. The minimum Gasteiger partial charge on any atom is -0.435 e. The first-order valence-electron chi connectivity index (χ1n) is 7.41. The van der Waals surface area contributed by atoms with Crippen molar-refractivity contribution in [1.82, 2.24) is 15.5 Å². The first kappa shape index (κ1) is 19.6. The van der Waals surface area contributed by atoms with Crippen molar-refractivity contribution in [3.05, 3.63) is 29.8 Å². The Morgan fingerprint density at radius 1 is 1.35 bits per heavy atom. The molecule has 1 aromatic rings. The van der Waals surface area contributed by atoms with Gasteiger partial charge in [-0.05, 0) is 31.2 Å². The lowest BCUT2D eigenvalue weighted by atomic mass is 10.2. The number of hydrogen-bond donors (Lipinski definition) is 2. The molecule has 1 aliphatic heterocycles. The number of piperazine rings is 1. The minimum absolute atomic E-state index is 0. The summed E-state index contributed by atoms with van der Waals surface area (Å²) in [4.78, 5) is 14.3. The molecule has 130 valence electrons. The second-order valence-corrected chi connectivity index (χ2v) is 5.11. The Hall–Kier alpha value is -1.44. The van der Waals surface area contributed by atoms with Crippen LogP contribution in [0.5, 0.6) is 5.75 Å². The van der Waals surface area contributed by atoms with Gasteiger partial charge >= 0.3 is 6.61 Å². The van der Waals surface area contributed by atoms with Crippen molar-refractivity contribution in [2.24, 2.45) is 0 Å². The van der Waals surface area contributed by atoms with Gasteiger partial charge in [0.15, 0.2) is 0 Å². The topological polar surface area (TPSA) is 53.6 Å². The molecule has 0 saturated carbocycles. The fourth-order valence-electron chi connectivity index (χ4n) is 2.35. The van der Waals surface area contributed by atoms with Crippen molar-refractivity contribution in [2.45, 2.75) is 13.0 Å². The zero-order valence-corrected chi connectivity index (χ0v) is 13.6. The van der Waals surface area contributed by atoms with Crippen LogP contribution >= 0.6 is 12.4 Å². The predicted molar refractivity (Wildman–Crippen MR) is 86.6 cm³/mol. The number of rotatable bonds is 7. The Balaban J connectivity index is 0.00000264. The summed E-state index contributed by atoms with van der Waals surface area (Å²) in [6.45, 7) is 2.67. The maximum Gasteiger partial charge on any atom is 0.387 e. The molecule has 1 amide bonds. The number of nitrogens with zero attached hydrogens (tertiary/aromatic N) is 1. The van der Waals surface area contributed by atoms with Crippen molar-refractivity contribution in [2.75, 3.05) is 39.3 Å². The van der Waals surface area contributed by atoms with E-state index in [1.54, 1.807) is 6.07 Å². The lowest BCUT2D eigenvalue weighted by Crippen LogP contribution is -2.44. The number of alkyl halides is 2. The van der Waals surface area contributed by atoms with Gasteiger partial charge in [0.2, 0.25) is 0 Å². The molecule has 0 aliphatic carbocycles. The Morgan fingerprint density at radius 3 is 2.78 bits per heavy atom. The Bertz CT molecular complexity index is 486. The summed E-state index contributed by atoms with van der Waals surface area (Å²) in [6.07, 6.45) is 0.860. The van der Waals surface area contributed by atoms with Gasteiger partial charge in [0.05, 0.1) is 0 Å².